The Bertz CT molecular complexity index is 932. The molecular weight excluding hydrogens is 316 g/mol. The number of benzene rings is 1. The topological polar surface area (TPSA) is 83.9 Å². The number of rotatable bonds is 3. The third-order valence-corrected chi connectivity index (χ3v) is 4.25. The van der Waals surface area contributed by atoms with Gasteiger partial charge in [0.15, 0.2) is 5.82 Å². The first kappa shape index (κ1) is 15.4. The predicted octanol–water partition coefficient (Wildman–Crippen LogP) is 2.64. The van der Waals surface area contributed by atoms with Crippen LogP contribution in [0.15, 0.2) is 36.8 Å². The van der Waals surface area contributed by atoms with Crippen LogP contribution in [0.1, 0.15) is 18.4 Å². The van der Waals surface area contributed by atoms with Gasteiger partial charge in [-0.2, -0.15) is 0 Å². The molecule has 1 aliphatic heterocycles. The predicted molar refractivity (Wildman–Crippen MR) is 96.0 cm³/mol. The molecule has 0 bridgehead atoms. The molecule has 3 aromatic rings. The van der Waals surface area contributed by atoms with E-state index in [-0.39, 0.29) is 0 Å². The Morgan fingerprint density at radius 1 is 1.12 bits per heavy atom. The van der Waals surface area contributed by atoms with Crippen molar-refractivity contribution in [3.8, 4) is 0 Å². The van der Waals surface area contributed by atoms with Gasteiger partial charge in [0.2, 0.25) is 5.95 Å². The van der Waals surface area contributed by atoms with Crippen LogP contribution in [0, 0.1) is 6.92 Å². The molecule has 2 aromatic heterocycles. The number of carbonyl (C=O) groups excluding carboxylic acids is 1. The maximum atomic E-state index is 11.4. The summed E-state index contributed by atoms with van der Waals surface area (Å²) < 4.78 is 0. The molecule has 0 atom stereocenters. The lowest BCUT2D eigenvalue weighted by Gasteiger charge is -2.26. The molecule has 1 aliphatic rings. The summed E-state index contributed by atoms with van der Waals surface area (Å²) in [6.45, 7) is 3.35. The SMILES string of the molecule is Cc1cccc(Nc2ncnc3cnc(N4CCC(=O)CC4)nc23)c1. The van der Waals surface area contributed by atoms with Crippen molar-refractivity contribution in [1.82, 2.24) is 19.9 Å². The molecule has 126 valence electrons. The maximum Gasteiger partial charge on any atom is 0.226 e. The van der Waals surface area contributed by atoms with Gasteiger partial charge in [0, 0.05) is 31.6 Å². The average Bonchev–Trinajstić information content (AvgIpc) is 2.62. The number of nitrogens with one attached hydrogen (secondary N) is 1. The van der Waals surface area contributed by atoms with Gasteiger partial charge in [0.1, 0.15) is 23.1 Å². The molecule has 0 saturated carbocycles. The minimum Gasteiger partial charge on any atom is -0.340 e. The van der Waals surface area contributed by atoms with Crippen molar-refractivity contribution >= 4 is 34.3 Å². The number of hydrogen-bond donors (Lipinski definition) is 1. The van der Waals surface area contributed by atoms with Crippen molar-refractivity contribution in [2.24, 2.45) is 0 Å². The summed E-state index contributed by atoms with van der Waals surface area (Å²) in [6.07, 6.45) is 4.29. The number of carbonyl (C=O) groups is 1. The zero-order valence-electron chi connectivity index (χ0n) is 13.9. The molecule has 1 saturated heterocycles. The summed E-state index contributed by atoms with van der Waals surface area (Å²) in [5.74, 6) is 1.55. The Morgan fingerprint density at radius 3 is 2.76 bits per heavy atom. The first-order valence-electron chi connectivity index (χ1n) is 8.27. The summed E-state index contributed by atoms with van der Waals surface area (Å²) in [7, 11) is 0. The molecule has 25 heavy (non-hydrogen) atoms. The molecule has 0 radical (unpaired) electrons. The lowest BCUT2D eigenvalue weighted by Crippen LogP contribution is -2.34. The molecule has 3 heterocycles. The van der Waals surface area contributed by atoms with Gasteiger partial charge in [0.25, 0.3) is 0 Å². The van der Waals surface area contributed by atoms with Gasteiger partial charge in [0.05, 0.1) is 6.20 Å². The molecular formula is C18H18N6O. The summed E-state index contributed by atoms with van der Waals surface area (Å²) in [4.78, 5) is 31.1. The Morgan fingerprint density at radius 2 is 1.96 bits per heavy atom. The van der Waals surface area contributed by atoms with Gasteiger partial charge in [-0.25, -0.2) is 19.9 Å². The first-order valence-corrected chi connectivity index (χ1v) is 8.27. The fourth-order valence-electron chi connectivity index (χ4n) is 2.90. The third kappa shape index (κ3) is 3.26. The highest BCUT2D eigenvalue weighted by Gasteiger charge is 2.19. The highest BCUT2D eigenvalue weighted by molar-refractivity contribution is 5.87. The number of piperidine rings is 1. The van der Waals surface area contributed by atoms with Crippen molar-refractivity contribution in [2.75, 3.05) is 23.3 Å². The van der Waals surface area contributed by atoms with Crippen LogP contribution in [0.5, 0.6) is 0 Å². The van der Waals surface area contributed by atoms with E-state index >= 15 is 0 Å². The van der Waals surface area contributed by atoms with Crippen LogP contribution in [0.2, 0.25) is 0 Å². The highest BCUT2D eigenvalue weighted by atomic mass is 16.1. The zero-order chi connectivity index (χ0) is 17.2. The van der Waals surface area contributed by atoms with Gasteiger partial charge >= 0.3 is 0 Å². The number of nitrogens with zero attached hydrogens (tertiary/aromatic N) is 5. The number of Topliss-reactive ketones (excluding diaryl/α,β-unsaturated/α-hetero) is 1. The molecule has 1 aromatic carbocycles. The normalized spacial score (nSPS) is 14.8. The number of aryl methyl sites for hydroxylation is 1. The zero-order valence-corrected chi connectivity index (χ0v) is 13.9. The van der Waals surface area contributed by atoms with E-state index in [1.807, 2.05) is 36.1 Å². The van der Waals surface area contributed by atoms with E-state index in [1.54, 1.807) is 6.20 Å². The second-order valence-corrected chi connectivity index (χ2v) is 6.15. The fourth-order valence-corrected chi connectivity index (χ4v) is 2.90. The Hall–Kier alpha value is -3.09. The van der Waals surface area contributed by atoms with Crippen LogP contribution in [-0.4, -0.2) is 38.8 Å². The van der Waals surface area contributed by atoms with Crippen molar-refractivity contribution in [3.05, 3.63) is 42.4 Å². The van der Waals surface area contributed by atoms with Gasteiger partial charge in [-0.15, -0.1) is 0 Å². The third-order valence-electron chi connectivity index (χ3n) is 4.25. The van der Waals surface area contributed by atoms with E-state index in [9.17, 15) is 4.79 Å². The molecule has 7 heteroatoms. The minimum atomic E-state index is 0.294. The smallest absolute Gasteiger partial charge is 0.226 e. The monoisotopic (exact) mass is 334 g/mol. The van der Waals surface area contributed by atoms with E-state index in [1.165, 1.54) is 6.33 Å². The van der Waals surface area contributed by atoms with E-state index in [0.29, 0.717) is 54.5 Å². The Balaban J connectivity index is 1.69. The first-order chi connectivity index (χ1) is 12.2. The number of ketones is 1. The standard InChI is InChI=1S/C18H18N6O/c1-12-3-2-4-13(9-12)22-17-16-15(20-11-21-17)10-19-18(23-16)24-7-5-14(25)6-8-24/h2-4,9-11H,5-8H2,1H3,(H,20,21,22). The van der Waals surface area contributed by atoms with Crippen LogP contribution >= 0.6 is 0 Å². The molecule has 0 aliphatic carbocycles. The van der Waals surface area contributed by atoms with Crippen LogP contribution in [0.4, 0.5) is 17.5 Å². The lowest BCUT2D eigenvalue weighted by atomic mass is 10.1. The minimum absolute atomic E-state index is 0.294. The second kappa shape index (κ2) is 6.43. The van der Waals surface area contributed by atoms with Crippen molar-refractivity contribution in [2.45, 2.75) is 19.8 Å². The molecule has 0 spiro atoms. The van der Waals surface area contributed by atoms with Gasteiger partial charge in [-0.1, -0.05) is 12.1 Å². The van der Waals surface area contributed by atoms with Crippen molar-refractivity contribution < 1.29 is 4.79 Å². The van der Waals surface area contributed by atoms with E-state index in [0.717, 1.165) is 11.3 Å². The van der Waals surface area contributed by atoms with Crippen LogP contribution in [-0.2, 0) is 4.79 Å². The summed E-state index contributed by atoms with van der Waals surface area (Å²) >= 11 is 0. The van der Waals surface area contributed by atoms with Crippen LogP contribution in [0.3, 0.4) is 0 Å². The number of anilines is 3. The maximum absolute atomic E-state index is 11.4. The average molecular weight is 334 g/mol. The Kier molecular flexibility index (Phi) is 3.97. The Labute approximate surface area is 145 Å². The molecule has 0 unspecified atom stereocenters. The number of aromatic nitrogens is 4. The van der Waals surface area contributed by atoms with Gasteiger partial charge < -0.3 is 10.2 Å². The molecule has 7 nitrogen and oxygen atoms in total. The van der Waals surface area contributed by atoms with Crippen molar-refractivity contribution in [1.29, 1.82) is 0 Å². The fraction of sp³-hybridized carbons (Fsp3) is 0.278. The molecule has 1 fully saturated rings. The molecule has 1 N–H and O–H groups in total. The summed E-state index contributed by atoms with van der Waals surface area (Å²) in [5.41, 5.74) is 3.47. The number of hydrogen-bond acceptors (Lipinski definition) is 7. The second-order valence-electron chi connectivity index (χ2n) is 6.15. The van der Waals surface area contributed by atoms with Gasteiger partial charge in [-0.05, 0) is 24.6 Å². The summed E-state index contributed by atoms with van der Waals surface area (Å²) in [6, 6.07) is 8.07. The molecule has 4 rings (SSSR count). The van der Waals surface area contributed by atoms with Gasteiger partial charge in [-0.3, -0.25) is 4.79 Å². The van der Waals surface area contributed by atoms with E-state index < -0.39 is 0 Å². The molecule has 0 amide bonds. The van der Waals surface area contributed by atoms with Crippen LogP contribution in [0.25, 0.3) is 11.0 Å². The lowest BCUT2D eigenvalue weighted by molar-refractivity contribution is -0.119. The quantitative estimate of drug-likeness (QED) is 0.788. The van der Waals surface area contributed by atoms with E-state index in [2.05, 4.69) is 25.3 Å². The van der Waals surface area contributed by atoms with Crippen molar-refractivity contribution in [3.63, 3.8) is 0 Å². The number of fused-ring (bicyclic) bond motifs is 1. The van der Waals surface area contributed by atoms with Crippen LogP contribution < -0.4 is 10.2 Å². The highest BCUT2D eigenvalue weighted by Crippen LogP contribution is 2.24. The summed E-state index contributed by atoms with van der Waals surface area (Å²) in [5, 5.41) is 3.31. The van der Waals surface area contributed by atoms with E-state index in [4.69, 9.17) is 0 Å². The largest absolute Gasteiger partial charge is 0.340 e.